The van der Waals surface area contributed by atoms with Crippen LogP contribution in [-0.2, 0) is 14.4 Å². The van der Waals surface area contributed by atoms with E-state index in [0.29, 0.717) is 13.0 Å². The highest BCUT2D eigenvalue weighted by atomic mass is 16.7. The zero-order valence-corrected chi connectivity index (χ0v) is 16.6. The molecule has 2 N–H and O–H groups in total. The number of unbranched alkanes of at least 4 members (excludes halogenated alkanes) is 1. The fourth-order valence-electron chi connectivity index (χ4n) is 3.81. The van der Waals surface area contributed by atoms with Gasteiger partial charge in [-0.2, -0.15) is 5.10 Å². The minimum atomic E-state index is -0.159. The van der Waals surface area contributed by atoms with Crippen molar-refractivity contribution in [3.63, 3.8) is 0 Å². The Kier molecular flexibility index (Phi) is 7.03. The van der Waals surface area contributed by atoms with E-state index in [1.807, 2.05) is 31.2 Å². The Morgan fingerprint density at radius 3 is 2.75 bits per heavy atom. The number of hydrazone groups is 1. The molecule has 2 heterocycles. The number of rotatable bonds is 8. The molecule has 7 heteroatoms. The van der Waals surface area contributed by atoms with Gasteiger partial charge in [-0.25, -0.2) is 0 Å². The summed E-state index contributed by atoms with van der Waals surface area (Å²) in [5.41, 5.74) is 2.91. The predicted molar refractivity (Wildman–Crippen MR) is 109 cm³/mol. The van der Waals surface area contributed by atoms with E-state index < -0.39 is 0 Å². The molecule has 0 aliphatic carbocycles. The first-order valence-electron chi connectivity index (χ1n) is 10.1. The van der Waals surface area contributed by atoms with Crippen LogP contribution in [0.1, 0.15) is 56.6 Å². The molecule has 1 spiro atoms. The van der Waals surface area contributed by atoms with Gasteiger partial charge in [0.05, 0.1) is 18.5 Å². The molecule has 7 nitrogen and oxygen atoms in total. The van der Waals surface area contributed by atoms with Crippen molar-refractivity contribution >= 4 is 17.9 Å². The minimum absolute atomic E-state index is 0.0903. The monoisotopic (exact) mass is 386 g/mol. The van der Waals surface area contributed by atoms with Crippen molar-refractivity contribution in [1.29, 1.82) is 0 Å². The lowest BCUT2D eigenvalue weighted by Crippen LogP contribution is -2.44. The maximum Gasteiger partial charge on any atom is 0.305 e. The minimum Gasteiger partial charge on any atom is -0.466 e. The molecule has 152 valence electrons. The lowest BCUT2D eigenvalue weighted by atomic mass is 9.85. The van der Waals surface area contributed by atoms with Crippen LogP contribution in [0.2, 0.25) is 0 Å². The molecule has 1 saturated heterocycles. The molecule has 1 aromatic carbocycles. The number of carbonyl (C=O) groups is 1. The third-order valence-electron chi connectivity index (χ3n) is 5.48. The Morgan fingerprint density at radius 2 is 2.07 bits per heavy atom. The fraction of sp³-hybridized carbons (Fsp3) is 0.571. The molecule has 3 rings (SSSR count). The zero-order valence-electron chi connectivity index (χ0n) is 16.6. The molecule has 0 radical (unpaired) electrons. The highest BCUT2D eigenvalue weighted by Gasteiger charge is 2.42. The van der Waals surface area contributed by atoms with Crippen LogP contribution in [0.5, 0.6) is 0 Å². The molecule has 1 aromatic rings. The summed E-state index contributed by atoms with van der Waals surface area (Å²) in [5.74, 6) is 5.10. The van der Waals surface area contributed by atoms with Gasteiger partial charge in [-0.15, -0.1) is 0 Å². The van der Waals surface area contributed by atoms with E-state index >= 15 is 0 Å². The largest absolute Gasteiger partial charge is 0.466 e. The number of hydrogen-bond donors (Lipinski definition) is 1. The molecule has 2 aliphatic rings. The predicted octanol–water partition coefficient (Wildman–Crippen LogP) is 2.67. The van der Waals surface area contributed by atoms with E-state index in [9.17, 15) is 4.79 Å². The van der Waals surface area contributed by atoms with Crippen molar-refractivity contribution in [3.05, 3.63) is 35.4 Å². The molecular formula is C21H30N4O3. The summed E-state index contributed by atoms with van der Waals surface area (Å²) in [4.78, 5) is 19.8. The van der Waals surface area contributed by atoms with E-state index in [1.165, 1.54) is 0 Å². The lowest BCUT2D eigenvalue weighted by Gasteiger charge is -2.37. The highest BCUT2D eigenvalue weighted by Crippen LogP contribution is 2.36. The van der Waals surface area contributed by atoms with Crippen molar-refractivity contribution in [1.82, 2.24) is 4.90 Å². The average molecular weight is 386 g/mol. The van der Waals surface area contributed by atoms with Crippen LogP contribution in [0.4, 0.5) is 0 Å². The molecular weight excluding hydrogens is 356 g/mol. The smallest absolute Gasteiger partial charge is 0.305 e. The van der Waals surface area contributed by atoms with E-state index in [1.54, 1.807) is 6.21 Å². The van der Waals surface area contributed by atoms with Gasteiger partial charge in [-0.3, -0.25) is 4.79 Å². The molecule has 0 amide bonds. The number of piperidine rings is 1. The van der Waals surface area contributed by atoms with Gasteiger partial charge < -0.3 is 20.3 Å². The first-order valence-corrected chi connectivity index (χ1v) is 10.1. The molecule has 0 saturated carbocycles. The van der Waals surface area contributed by atoms with E-state index in [2.05, 4.69) is 15.2 Å². The van der Waals surface area contributed by atoms with Crippen LogP contribution in [-0.4, -0.2) is 54.6 Å². The van der Waals surface area contributed by atoms with E-state index in [0.717, 1.165) is 68.6 Å². The maximum atomic E-state index is 11.4. The second-order valence-corrected chi connectivity index (χ2v) is 7.49. The highest BCUT2D eigenvalue weighted by molar-refractivity contribution is 6.02. The number of carbonyl (C=O) groups excluding carboxylic acids is 1. The normalized spacial score (nSPS) is 19.0. The summed E-state index contributed by atoms with van der Waals surface area (Å²) in [7, 11) is 0. The summed E-state index contributed by atoms with van der Waals surface area (Å²) in [6.45, 7) is 5.34. The first-order chi connectivity index (χ1) is 13.6. The molecule has 0 bridgehead atoms. The van der Waals surface area contributed by atoms with E-state index in [4.69, 9.17) is 15.4 Å². The van der Waals surface area contributed by atoms with Crippen LogP contribution in [0.15, 0.2) is 34.5 Å². The summed E-state index contributed by atoms with van der Waals surface area (Å²) in [5, 5.41) is 7.93. The number of hydrogen-bond acceptors (Lipinski definition) is 7. The van der Waals surface area contributed by atoms with Gasteiger partial charge in [0.25, 0.3) is 0 Å². The van der Waals surface area contributed by atoms with Gasteiger partial charge in [0.15, 0.2) is 0 Å². The van der Waals surface area contributed by atoms with Gasteiger partial charge >= 0.3 is 5.97 Å². The van der Waals surface area contributed by atoms with Gasteiger partial charge in [-0.05, 0) is 37.4 Å². The Balaban J connectivity index is 1.41. The number of esters is 1. The molecule has 1 fully saturated rings. The van der Waals surface area contributed by atoms with Crippen molar-refractivity contribution in [2.24, 2.45) is 16.1 Å². The Morgan fingerprint density at radius 1 is 1.32 bits per heavy atom. The SMILES string of the molecule is CCOC(=O)CCCCN1CCC2(CC1)CC(c1ccc(C=NN)cc1)=NO2. The first kappa shape index (κ1) is 20.3. The standard InChI is InChI=1S/C21H30N4O3/c1-2-27-20(26)5-3-4-12-25-13-10-21(11-14-25)15-19(24-28-21)18-8-6-17(7-9-18)16-23-22/h6-9,16H,2-5,10-15,22H2,1H3. The number of nitrogens with two attached hydrogens (primary N) is 1. The lowest BCUT2D eigenvalue weighted by molar-refractivity contribution is -0.143. The van der Waals surface area contributed by atoms with Crippen LogP contribution in [0, 0.1) is 0 Å². The maximum absolute atomic E-state index is 11.4. The molecule has 2 aliphatic heterocycles. The third-order valence-corrected chi connectivity index (χ3v) is 5.48. The molecule has 0 unspecified atom stereocenters. The van der Waals surface area contributed by atoms with Crippen molar-refractivity contribution in [3.8, 4) is 0 Å². The third kappa shape index (κ3) is 5.32. The van der Waals surface area contributed by atoms with Crippen molar-refractivity contribution < 1.29 is 14.4 Å². The van der Waals surface area contributed by atoms with Crippen LogP contribution in [0.25, 0.3) is 0 Å². The Hall–Kier alpha value is -2.41. The Bertz CT molecular complexity index is 707. The zero-order chi connectivity index (χ0) is 19.8. The Labute approximate surface area is 166 Å². The summed E-state index contributed by atoms with van der Waals surface area (Å²) >= 11 is 0. The average Bonchev–Trinajstić information content (AvgIpc) is 3.12. The number of nitrogens with zero attached hydrogens (tertiary/aromatic N) is 3. The second-order valence-electron chi connectivity index (χ2n) is 7.49. The topological polar surface area (TPSA) is 89.5 Å². The van der Waals surface area contributed by atoms with Gasteiger partial charge in [0.1, 0.15) is 5.60 Å². The van der Waals surface area contributed by atoms with Gasteiger partial charge in [-0.1, -0.05) is 29.4 Å². The fourth-order valence-corrected chi connectivity index (χ4v) is 3.81. The molecule has 28 heavy (non-hydrogen) atoms. The number of ether oxygens (including phenoxy) is 1. The van der Waals surface area contributed by atoms with Crippen LogP contribution < -0.4 is 5.84 Å². The quantitative estimate of drug-likeness (QED) is 0.244. The van der Waals surface area contributed by atoms with Crippen molar-refractivity contribution in [2.75, 3.05) is 26.2 Å². The second kappa shape index (κ2) is 9.68. The number of likely N-dealkylation sites (tertiary alicyclic amines) is 1. The van der Waals surface area contributed by atoms with Crippen molar-refractivity contribution in [2.45, 2.75) is 51.0 Å². The summed E-state index contributed by atoms with van der Waals surface area (Å²) in [6.07, 6.45) is 6.87. The summed E-state index contributed by atoms with van der Waals surface area (Å²) < 4.78 is 4.97. The number of oxime groups is 1. The molecule has 0 aromatic heterocycles. The van der Waals surface area contributed by atoms with Crippen LogP contribution in [0.3, 0.4) is 0 Å². The van der Waals surface area contributed by atoms with Gasteiger partial charge in [0.2, 0.25) is 0 Å². The summed E-state index contributed by atoms with van der Waals surface area (Å²) in [6, 6.07) is 8.05. The number of benzene rings is 1. The molecule has 0 atom stereocenters. The van der Waals surface area contributed by atoms with Crippen LogP contribution >= 0.6 is 0 Å². The van der Waals surface area contributed by atoms with Gasteiger partial charge in [0, 0.05) is 38.8 Å². The van der Waals surface area contributed by atoms with E-state index in [-0.39, 0.29) is 11.6 Å².